The van der Waals surface area contributed by atoms with Crippen molar-refractivity contribution in [1.29, 1.82) is 0 Å². The summed E-state index contributed by atoms with van der Waals surface area (Å²) in [6.07, 6.45) is -3.84. The maximum absolute atomic E-state index is 12.2. The Labute approximate surface area is 111 Å². The van der Waals surface area contributed by atoms with E-state index in [9.17, 15) is 18.4 Å². The van der Waals surface area contributed by atoms with Crippen molar-refractivity contribution in [2.45, 2.75) is 58.6 Å². The zero-order valence-electron chi connectivity index (χ0n) is 11.6. The molecule has 2 atom stereocenters. The van der Waals surface area contributed by atoms with Gasteiger partial charge in [0.2, 0.25) is 6.43 Å². The van der Waals surface area contributed by atoms with Crippen molar-refractivity contribution in [3.05, 3.63) is 0 Å². The SMILES string of the molecule is CC(CC(F)F)CC(NC(=O)OC(C)(C)C)C(=O)O. The number of carboxylic acid groups (broad SMARTS) is 1. The summed E-state index contributed by atoms with van der Waals surface area (Å²) < 4.78 is 29.2. The van der Waals surface area contributed by atoms with Gasteiger partial charge in [0.1, 0.15) is 11.6 Å². The molecule has 0 aliphatic rings. The number of halogens is 2. The fourth-order valence-corrected chi connectivity index (χ4v) is 1.47. The molecule has 1 amide bonds. The molecule has 0 aromatic rings. The van der Waals surface area contributed by atoms with Crippen molar-refractivity contribution < 1.29 is 28.2 Å². The van der Waals surface area contributed by atoms with Gasteiger partial charge >= 0.3 is 12.1 Å². The van der Waals surface area contributed by atoms with Crippen LogP contribution < -0.4 is 5.32 Å². The van der Waals surface area contributed by atoms with E-state index in [1.54, 1.807) is 20.8 Å². The van der Waals surface area contributed by atoms with E-state index in [-0.39, 0.29) is 6.42 Å². The van der Waals surface area contributed by atoms with Crippen molar-refractivity contribution in [1.82, 2.24) is 5.32 Å². The molecule has 0 aliphatic carbocycles. The third-order valence-corrected chi connectivity index (χ3v) is 2.21. The summed E-state index contributed by atoms with van der Waals surface area (Å²) in [6.45, 7) is 6.43. The molecule has 0 saturated heterocycles. The Kier molecular flexibility index (Phi) is 6.72. The molecule has 0 aromatic carbocycles. The highest BCUT2D eigenvalue weighted by Gasteiger charge is 2.26. The van der Waals surface area contributed by atoms with E-state index in [4.69, 9.17) is 9.84 Å². The van der Waals surface area contributed by atoms with E-state index in [0.717, 1.165) is 0 Å². The van der Waals surface area contributed by atoms with Crippen LogP contribution >= 0.6 is 0 Å². The lowest BCUT2D eigenvalue weighted by molar-refractivity contribution is -0.140. The van der Waals surface area contributed by atoms with Gasteiger partial charge in [-0.2, -0.15) is 0 Å². The largest absolute Gasteiger partial charge is 0.480 e. The number of ether oxygens (including phenoxy) is 1. The number of carboxylic acids is 1. The predicted molar refractivity (Wildman–Crippen MR) is 65.2 cm³/mol. The van der Waals surface area contributed by atoms with Crippen LogP contribution in [0.15, 0.2) is 0 Å². The second-order valence-corrected chi connectivity index (χ2v) is 5.50. The summed E-state index contributed by atoms with van der Waals surface area (Å²) in [5, 5.41) is 11.1. The highest BCUT2D eigenvalue weighted by molar-refractivity contribution is 5.79. The highest BCUT2D eigenvalue weighted by Crippen LogP contribution is 2.16. The number of alkyl carbamates (subject to hydrolysis) is 1. The first kappa shape index (κ1) is 17.6. The van der Waals surface area contributed by atoms with Crippen molar-refractivity contribution in [2.24, 2.45) is 5.92 Å². The van der Waals surface area contributed by atoms with Gasteiger partial charge in [-0.1, -0.05) is 6.92 Å². The fourth-order valence-electron chi connectivity index (χ4n) is 1.47. The van der Waals surface area contributed by atoms with Crippen LogP contribution in [0.2, 0.25) is 0 Å². The summed E-state index contributed by atoms with van der Waals surface area (Å²) in [7, 11) is 0. The number of alkyl halides is 2. The summed E-state index contributed by atoms with van der Waals surface area (Å²) >= 11 is 0. The molecule has 0 rings (SSSR count). The third-order valence-electron chi connectivity index (χ3n) is 2.21. The normalized spacial score (nSPS) is 14.9. The molecular weight excluding hydrogens is 260 g/mol. The number of hydrogen-bond acceptors (Lipinski definition) is 3. The molecule has 0 bridgehead atoms. The van der Waals surface area contributed by atoms with Gasteiger partial charge in [0.05, 0.1) is 0 Å². The third kappa shape index (κ3) is 9.21. The summed E-state index contributed by atoms with van der Waals surface area (Å²) in [5.74, 6) is -1.79. The van der Waals surface area contributed by atoms with Crippen molar-refractivity contribution in [2.75, 3.05) is 0 Å². The zero-order valence-corrected chi connectivity index (χ0v) is 11.6. The predicted octanol–water partition coefficient (Wildman–Crippen LogP) is 2.65. The number of carbonyl (C=O) groups excluding carboxylic acids is 1. The van der Waals surface area contributed by atoms with Gasteiger partial charge in [0.15, 0.2) is 0 Å². The quantitative estimate of drug-likeness (QED) is 0.784. The van der Waals surface area contributed by atoms with Gasteiger partial charge in [-0.15, -0.1) is 0 Å². The Bertz CT molecular complexity index is 315. The van der Waals surface area contributed by atoms with Crippen LogP contribution in [0, 0.1) is 5.92 Å². The summed E-state index contributed by atoms with van der Waals surface area (Å²) in [6, 6.07) is -1.23. The zero-order chi connectivity index (χ0) is 15.2. The van der Waals surface area contributed by atoms with E-state index in [1.807, 2.05) is 0 Å². The van der Waals surface area contributed by atoms with Crippen LogP contribution in [0.1, 0.15) is 40.5 Å². The van der Waals surface area contributed by atoms with Gasteiger partial charge in [-0.25, -0.2) is 18.4 Å². The molecule has 0 spiro atoms. The Morgan fingerprint density at radius 1 is 1.26 bits per heavy atom. The molecule has 2 N–H and O–H groups in total. The smallest absolute Gasteiger partial charge is 0.408 e. The number of amides is 1. The van der Waals surface area contributed by atoms with Crippen LogP contribution in [0.3, 0.4) is 0 Å². The molecule has 19 heavy (non-hydrogen) atoms. The Morgan fingerprint density at radius 3 is 2.16 bits per heavy atom. The Balaban J connectivity index is 4.42. The summed E-state index contributed by atoms with van der Waals surface area (Å²) in [4.78, 5) is 22.4. The van der Waals surface area contributed by atoms with Crippen molar-refractivity contribution in [3.63, 3.8) is 0 Å². The molecule has 112 valence electrons. The average molecular weight is 281 g/mol. The lowest BCUT2D eigenvalue weighted by atomic mass is 9.99. The number of nitrogens with one attached hydrogen (secondary N) is 1. The fraction of sp³-hybridized carbons (Fsp3) is 0.833. The standard InChI is InChI=1S/C12H21F2NO4/c1-7(6-9(13)14)5-8(10(16)17)15-11(18)19-12(2,3)4/h7-9H,5-6H2,1-4H3,(H,15,18)(H,16,17). The van der Waals surface area contributed by atoms with E-state index >= 15 is 0 Å². The minimum absolute atomic E-state index is 0.0705. The maximum Gasteiger partial charge on any atom is 0.408 e. The first-order valence-electron chi connectivity index (χ1n) is 6.01. The Morgan fingerprint density at radius 2 is 1.79 bits per heavy atom. The molecule has 7 heteroatoms. The second kappa shape index (κ2) is 7.25. The maximum atomic E-state index is 12.2. The van der Waals surface area contributed by atoms with Gasteiger partial charge < -0.3 is 15.2 Å². The van der Waals surface area contributed by atoms with E-state index in [0.29, 0.717) is 0 Å². The first-order chi connectivity index (χ1) is 8.51. The topological polar surface area (TPSA) is 75.6 Å². The van der Waals surface area contributed by atoms with E-state index in [1.165, 1.54) is 6.92 Å². The van der Waals surface area contributed by atoms with Gasteiger partial charge in [-0.05, 0) is 33.1 Å². The van der Waals surface area contributed by atoms with Gasteiger partial charge in [-0.3, -0.25) is 0 Å². The first-order valence-corrected chi connectivity index (χ1v) is 6.01. The van der Waals surface area contributed by atoms with Crippen LogP contribution in [0.25, 0.3) is 0 Å². The Hall–Kier alpha value is -1.40. The number of rotatable bonds is 6. The molecule has 0 fully saturated rings. The second-order valence-electron chi connectivity index (χ2n) is 5.50. The molecule has 0 heterocycles. The van der Waals surface area contributed by atoms with Crippen LogP contribution in [0.5, 0.6) is 0 Å². The minimum Gasteiger partial charge on any atom is -0.480 e. The minimum atomic E-state index is -2.49. The molecule has 0 aliphatic heterocycles. The number of hydrogen-bond donors (Lipinski definition) is 2. The summed E-state index contributed by atoms with van der Waals surface area (Å²) in [5.41, 5.74) is -0.748. The molecule has 0 radical (unpaired) electrons. The highest BCUT2D eigenvalue weighted by atomic mass is 19.3. The van der Waals surface area contributed by atoms with Crippen molar-refractivity contribution >= 4 is 12.1 Å². The molecule has 2 unspecified atom stereocenters. The van der Waals surface area contributed by atoms with Gasteiger partial charge in [0.25, 0.3) is 0 Å². The number of carbonyl (C=O) groups is 2. The van der Waals surface area contributed by atoms with Crippen LogP contribution in [-0.4, -0.2) is 35.2 Å². The van der Waals surface area contributed by atoms with Crippen LogP contribution in [-0.2, 0) is 9.53 Å². The van der Waals surface area contributed by atoms with Gasteiger partial charge in [0, 0.05) is 6.42 Å². The van der Waals surface area contributed by atoms with E-state index < -0.39 is 42.5 Å². The molecule has 0 saturated carbocycles. The van der Waals surface area contributed by atoms with E-state index in [2.05, 4.69) is 5.32 Å². The lowest BCUT2D eigenvalue weighted by Crippen LogP contribution is -2.44. The monoisotopic (exact) mass is 281 g/mol. The van der Waals surface area contributed by atoms with Crippen molar-refractivity contribution in [3.8, 4) is 0 Å². The molecule has 0 aromatic heterocycles. The van der Waals surface area contributed by atoms with Crippen LogP contribution in [0.4, 0.5) is 13.6 Å². The average Bonchev–Trinajstić information content (AvgIpc) is 2.11. The lowest BCUT2D eigenvalue weighted by Gasteiger charge is -2.23. The molecule has 5 nitrogen and oxygen atoms in total. The molecular formula is C12H21F2NO4. The number of aliphatic carboxylic acids is 1.